The Morgan fingerprint density at radius 1 is 1.45 bits per heavy atom. The fourth-order valence-corrected chi connectivity index (χ4v) is 2.88. The SMILES string of the molecule is CCNC(CCN1CCC(OC)C1)c1ccccc1F. The normalized spacial score (nSPS) is 21.2. The van der Waals surface area contributed by atoms with Crippen LogP contribution < -0.4 is 5.32 Å². The summed E-state index contributed by atoms with van der Waals surface area (Å²) in [5.74, 6) is -0.116. The van der Waals surface area contributed by atoms with Gasteiger partial charge in [0.1, 0.15) is 5.82 Å². The van der Waals surface area contributed by atoms with E-state index in [9.17, 15) is 4.39 Å². The van der Waals surface area contributed by atoms with Crippen molar-refractivity contribution in [3.8, 4) is 0 Å². The molecule has 2 rings (SSSR count). The molecule has 1 aliphatic heterocycles. The maximum Gasteiger partial charge on any atom is 0.127 e. The molecule has 1 fully saturated rings. The fraction of sp³-hybridized carbons (Fsp3) is 0.625. The van der Waals surface area contributed by atoms with E-state index in [0.29, 0.717) is 6.10 Å². The van der Waals surface area contributed by atoms with E-state index < -0.39 is 0 Å². The number of likely N-dealkylation sites (tertiary alicyclic amines) is 1. The summed E-state index contributed by atoms with van der Waals surface area (Å²) >= 11 is 0. The molecule has 0 saturated carbocycles. The molecule has 3 nitrogen and oxygen atoms in total. The van der Waals surface area contributed by atoms with Crippen LogP contribution >= 0.6 is 0 Å². The summed E-state index contributed by atoms with van der Waals surface area (Å²) in [6.07, 6.45) is 2.38. The van der Waals surface area contributed by atoms with Gasteiger partial charge in [-0.25, -0.2) is 4.39 Å². The van der Waals surface area contributed by atoms with Gasteiger partial charge >= 0.3 is 0 Å². The van der Waals surface area contributed by atoms with Crippen molar-refractivity contribution in [2.75, 3.05) is 33.3 Å². The molecule has 0 aromatic heterocycles. The molecule has 20 heavy (non-hydrogen) atoms. The van der Waals surface area contributed by atoms with E-state index in [0.717, 1.165) is 44.6 Å². The largest absolute Gasteiger partial charge is 0.380 e. The minimum atomic E-state index is -0.116. The van der Waals surface area contributed by atoms with E-state index in [1.165, 1.54) is 6.07 Å². The lowest BCUT2D eigenvalue weighted by molar-refractivity contribution is 0.107. The molecule has 0 amide bonds. The van der Waals surface area contributed by atoms with Crippen molar-refractivity contribution in [3.63, 3.8) is 0 Å². The second-order valence-electron chi connectivity index (χ2n) is 5.37. The van der Waals surface area contributed by atoms with Gasteiger partial charge in [-0.05, 0) is 25.5 Å². The average Bonchev–Trinajstić information content (AvgIpc) is 2.92. The zero-order chi connectivity index (χ0) is 14.4. The molecule has 1 N–H and O–H groups in total. The summed E-state index contributed by atoms with van der Waals surface area (Å²) in [7, 11) is 1.77. The molecule has 0 radical (unpaired) electrons. The zero-order valence-electron chi connectivity index (χ0n) is 12.4. The molecule has 0 spiro atoms. The fourth-order valence-electron chi connectivity index (χ4n) is 2.88. The Morgan fingerprint density at radius 3 is 2.90 bits per heavy atom. The molecule has 1 heterocycles. The van der Waals surface area contributed by atoms with Gasteiger partial charge in [0.25, 0.3) is 0 Å². The number of methoxy groups -OCH3 is 1. The van der Waals surface area contributed by atoms with Crippen molar-refractivity contribution in [1.29, 1.82) is 0 Å². The van der Waals surface area contributed by atoms with Crippen LogP contribution in [0.2, 0.25) is 0 Å². The molecule has 4 heteroatoms. The summed E-state index contributed by atoms with van der Waals surface area (Å²) < 4.78 is 19.3. The maximum absolute atomic E-state index is 13.9. The smallest absolute Gasteiger partial charge is 0.127 e. The van der Waals surface area contributed by atoms with Crippen LogP contribution in [0.3, 0.4) is 0 Å². The van der Waals surface area contributed by atoms with Gasteiger partial charge in [0.05, 0.1) is 6.10 Å². The van der Waals surface area contributed by atoms with Gasteiger partial charge < -0.3 is 15.0 Å². The number of rotatable bonds is 7. The Hall–Kier alpha value is -0.970. The summed E-state index contributed by atoms with van der Waals surface area (Å²) in [5, 5.41) is 3.39. The van der Waals surface area contributed by atoms with E-state index >= 15 is 0 Å². The van der Waals surface area contributed by atoms with E-state index in [-0.39, 0.29) is 11.9 Å². The summed E-state index contributed by atoms with van der Waals surface area (Å²) in [4.78, 5) is 2.40. The molecular formula is C16H25FN2O. The third kappa shape index (κ3) is 4.01. The predicted molar refractivity (Wildman–Crippen MR) is 79.3 cm³/mol. The second-order valence-corrected chi connectivity index (χ2v) is 5.37. The minimum absolute atomic E-state index is 0.0859. The molecule has 112 valence electrons. The van der Waals surface area contributed by atoms with Crippen molar-refractivity contribution < 1.29 is 9.13 Å². The van der Waals surface area contributed by atoms with Crippen LogP contribution in [0.1, 0.15) is 31.4 Å². The summed E-state index contributed by atoms with van der Waals surface area (Å²) in [6.45, 7) is 5.96. The van der Waals surface area contributed by atoms with Crippen LogP contribution in [0.25, 0.3) is 0 Å². The number of nitrogens with zero attached hydrogens (tertiary/aromatic N) is 1. The van der Waals surface area contributed by atoms with Crippen molar-refractivity contribution in [2.24, 2.45) is 0 Å². The van der Waals surface area contributed by atoms with Crippen LogP contribution in [0.4, 0.5) is 4.39 Å². The van der Waals surface area contributed by atoms with Gasteiger partial charge in [0, 0.05) is 38.3 Å². The molecule has 1 aliphatic rings. The lowest BCUT2D eigenvalue weighted by Crippen LogP contribution is -2.29. The third-order valence-electron chi connectivity index (χ3n) is 4.03. The molecule has 0 bridgehead atoms. The number of halogens is 1. The quantitative estimate of drug-likeness (QED) is 0.831. The van der Waals surface area contributed by atoms with Gasteiger partial charge in [-0.2, -0.15) is 0 Å². The van der Waals surface area contributed by atoms with Crippen molar-refractivity contribution in [1.82, 2.24) is 10.2 Å². The Labute approximate surface area is 121 Å². The Balaban J connectivity index is 1.92. The number of hydrogen-bond donors (Lipinski definition) is 1. The molecule has 0 aliphatic carbocycles. The Bertz CT molecular complexity index is 413. The molecule has 2 atom stereocenters. The topological polar surface area (TPSA) is 24.5 Å². The molecule has 1 aromatic rings. The van der Waals surface area contributed by atoms with Gasteiger partial charge in [0.2, 0.25) is 0 Å². The molecule has 1 saturated heterocycles. The standard InChI is InChI=1S/C16H25FN2O/c1-3-18-16(14-6-4-5-7-15(14)17)9-11-19-10-8-13(12-19)20-2/h4-7,13,16,18H,3,8-12H2,1-2H3. The zero-order valence-corrected chi connectivity index (χ0v) is 12.4. The van der Waals surface area contributed by atoms with E-state index in [2.05, 4.69) is 17.1 Å². The highest BCUT2D eigenvalue weighted by molar-refractivity contribution is 5.21. The van der Waals surface area contributed by atoms with Gasteiger partial charge in [-0.3, -0.25) is 0 Å². The van der Waals surface area contributed by atoms with E-state index in [4.69, 9.17) is 4.74 Å². The Kier molecular flexibility index (Phi) is 5.95. The highest BCUT2D eigenvalue weighted by Crippen LogP contribution is 2.21. The number of hydrogen-bond acceptors (Lipinski definition) is 3. The van der Waals surface area contributed by atoms with Gasteiger partial charge in [-0.15, -0.1) is 0 Å². The number of ether oxygens (including phenoxy) is 1. The van der Waals surface area contributed by atoms with Crippen molar-refractivity contribution in [3.05, 3.63) is 35.6 Å². The highest BCUT2D eigenvalue weighted by atomic mass is 19.1. The van der Waals surface area contributed by atoms with Crippen LogP contribution in [0, 0.1) is 5.82 Å². The number of benzene rings is 1. The van der Waals surface area contributed by atoms with Crippen LogP contribution in [-0.2, 0) is 4.74 Å². The predicted octanol–water partition coefficient (Wildman–Crippen LogP) is 2.59. The monoisotopic (exact) mass is 280 g/mol. The minimum Gasteiger partial charge on any atom is -0.380 e. The van der Waals surface area contributed by atoms with Crippen molar-refractivity contribution >= 4 is 0 Å². The average molecular weight is 280 g/mol. The van der Waals surface area contributed by atoms with E-state index in [1.54, 1.807) is 13.2 Å². The first-order valence-corrected chi connectivity index (χ1v) is 7.47. The summed E-state index contributed by atoms with van der Waals surface area (Å²) in [6, 6.07) is 7.15. The third-order valence-corrected chi connectivity index (χ3v) is 4.03. The first kappa shape index (κ1) is 15.4. The first-order chi connectivity index (χ1) is 9.74. The first-order valence-electron chi connectivity index (χ1n) is 7.47. The van der Waals surface area contributed by atoms with E-state index in [1.807, 2.05) is 12.1 Å². The Morgan fingerprint density at radius 2 is 2.25 bits per heavy atom. The van der Waals surface area contributed by atoms with Gasteiger partial charge in [0.15, 0.2) is 0 Å². The second kappa shape index (κ2) is 7.72. The summed E-state index contributed by atoms with van der Waals surface area (Å²) in [5.41, 5.74) is 0.775. The molecule has 2 unspecified atom stereocenters. The highest BCUT2D eigenvalue weighted by Gasteiger charge is 2.23. The van der Waals surface area contributed by atoms with Crippen LogP contribution in [0.5, 0.6) is 0 Å². The van der Waals surface area contributed by atoms with Crippen molar-refractivity contribution in [2.45, 2.75) is 31.9 Å². The van der Waals surface area contributed by atoms with Crippen LogP contribution in [-0.4, -0.2) is 44.3 Å². The van der Waals surface area contributed by atoms with Crippen LogP contribution in [0.15, 0.2) is 24.3 Å². The number of nitrogens with one attached hydrogen (secondary N) is 1. The molecular weight excluding hydrogens is 255 g/mol. The maximum atomic E-state index is 13.9. The van der Waals surface area contributed by atoms with Gasteiger partial charge in [-0.1, -0.05) is 25.1 Å². The lowest BCUT2D eigenvalue weighted by Gasteiger charge is -2.22. The lowest BCUT2D eigenvalue weighted by atomic mass is 10.0. The molecule has 1 aromatic carbocycles.